The van der Waals surface area contributed by atoms with Gasteiger partial charge in [-0.1, -0.05) is 5.16 Å². The fourth-order valence-electron chi connectivity index (χ4n) is 3.36. The van der Waals surface area contributed by atoms with Crippen LogP contribution in [0.25, 0.3) is 5.65 Å². The molecule has 1 N–H and O–H groups in total. The number of carbonyl (C=O) groups is 1. The Morgan fingerprint density at radius 2 is 2.25 bits per heavy atom. The fraction of sp³-hybridized carbons (Fsp3) is 0.438. The first-order valence-corrected chi connectivity index (χ1v) is 7.91. The van der Waals surface area contributed by atoms with E-state index < -0.39 is 6.10 Å². The van der Waals surface area contributed by atoms with Crippen LogP contribution in [0.1, 0.15) is 21.8 Å². The van der Waals surface area contributed by atoms with Crippen LogP contribution in [0.5, 0.6) is 0 Å². The highest BCUT2D eigenvalue weighted by Gasteiger charge is 2.36. The average molecular weight is 329 g/mol. The lowest BCUT2D eigenvalue weighted by molar-refractivity contribution is 0.0766. The number of carbonyl (C=O) groups excluding carboxylic acids is 1. The van der Waals surface area contributed by atoms with E-state index in [1.807, 2.05) is 30.8 Å². The van der Waals surface area contributed by atoms with Crippen molar-refractivity contribution in [1.29, 1.82) is 0 Å². The van der Waals surface area contributed by atoms with Gasteiger partial charge in [0.25, 0.3) is 5.91 Å². The van der Waals surface area contributed by atoms with Crippen LogP contribution in [0.3, 0.4) is 0 Å². The highest BCUT2D eigenvalue weighted by atomic mass is 16.5. The van der Waals surface area contributed by atoms with Gasteiger partial charge in [-0.15, -0.1) is 0 Å². The summed E-state index contributed by atoms with van der Waals surface area (Å²) in [6.07, 6.45) is 5.24. The molecule has 1 saturated heterocycles. The van der Waals surface area contributed by atoms with E-state index in [1.54, 1.807) is 21.8 Å². The Kier molecular flexibility index (Phi) is 3.42. The average Bonchev–Trinajstić information content (AvgIpc) is 3.28. The molecule has 8 nitrogen and oxygen atoms in total. The Bertz CT molecular complexity index is 893. The maximum absolute atomic E-state index is 12.8. The number of aliphatic hydroxyl groups excluding tert-OH is 1. The van der Waals surface area contributed by atoms with Gasteiger partial charge < -0.3 is 19.1 Å². The van der Waals surface area contributed by atoms with Crippen molar-refractivity contribution in [3.8, 4) is 0 Å². The number of hydrogen-bond acceptors (Lipinski definition) is 5. The van der Waals surface area contributed by atoms with Crippen molar-refractivity contribution in [2.75, 3.05) is 13.1 Å². The molecule has 24 heavy (non-hydrogen) atoms. The van der Waals surface area contributed by atoms with E-state index in [0.29, 0.717) is 25.1 Å². The second-order valence-corrected chi connectivity index (χ2v) is 6.41. The van der Waals surface area contributed by atoms with Crippen LogP contribution >= 0.6 is 0 Å². The molecule has 1 aliphatic heterocycles. The summed E-state index contributed by atoms with van der Waals surface area (Å²) in [6, 6.07) is 1.86. The molecule has 0 bridgehead atoms. The molecule has 0 radical (unpaired) electrons. The first kappa shape index (κ1) is 14.9. The van der Waals surface area contributed by atoms with Gasteiger partial charge in [-0.05, 0) is 6.92 Å². The van der Waals surface area contributed by atoms with Crippen LogP contribution in [0.15, 0.2) is 29.2 Å². The minimum absolute atomic E-state index is 0.0548. The van der Waals surface area contributed by atoms with E-state index in [9.17, 15) is 9.90 Å². The molecule has 3 aromatic heterocycles. The fourth-order valence-corrected chi connectivity index (χ4v) is 3.36. The number of amides is 1. The van der Waals surface area contributed by atoms with Crippen LogP contribution in [-0.2, 0) is 13.5 Å². The number of fused-ring (bicyclic) bond motifs is 1. The zero-order valence-electron chi connectivity index (χ0n) is 13.6. The molecule has 1 amide bonds. The number of aliphatic hydroxyl groups is 1. The van der Waals surface area contributed by atoms with Crippen LogP contribution in [-0.4, -0.2) is 54.4 Å². The Balaban J connectivity index is 1.52. The number of aryl methyl sites for hydroxylation is 2. The minimum atomic E-state index is -0.571. The van der Waals surface area contributed by atoms with E-state index in [2.05, 4.69) is 10.3 Å². The van der Waals surface area contributed by atoms with Gasteiger partial charge in [-0.3, -0.25) is 4.79 Å². The van der Waals surface area contributed by atoms with Gasteiger partial charge in [-0.2, -0.15) is 5.10 Å². The van der Waals surface area contributed by atoms with Gasteiger partial charge >= 0.3 is 0 Å². The lowest BCUT2D eigenvalue weighted by Gasteiger charge is -2.15. The zero-order chi connectivity index (χ0) is 16.8. The second-order valence-electron chi connectivity index (χ2n) is 6.41. The predicted octanol–water partition coefficient (Wildman–Crippen LogP) is 0.645. The summed E-state index contributed by atoms with van der Waals surface area (Å²) < 4.78 is 8.76. The molecule has 8 heteroatoms. The molecule has 126 valence electrons. The number of imidazole rings is 1. The number of aromatic nitrogens is 4. The highest BCUT2D eigenvalue weighted by Crippen LogP contribution is 2.24. The van der Waals surface area contributed by atoms with Gasteiger partial charge in [0.05, 0.1) is 18.0 Å². The Labute approximate surface area is 138 Å². The molecule has 0 aliphatic carbocycles. The van der Waals surface area contributed by atoms with Crippen molar-refractivity contribution >= 4 is 11.6 Å². The quantitative estimate of drug-likeness (QED) is 0.762. The molecule has 1 aliphatic rings. The predicted molar refractivity (Wildman–Crippen MR) is 84.5 cm³/mol. The molecule has 1 fully saturated rings. The molecule has 0 spiro atoms. The van der Waals surface area contributed by atoms with Crippen LogP contribution < -0.4 is 0 Å². The van der Waals surface area contributed by atoms with Gasteiger partial charge in [-0.25, -0.2) is 4.52 Å². The van der Waals surface area contributed by atoms with E-state index in [4.69, 9.17) is 4.52 Å². The number of nitrogens with zero attached hydrogens (tertiary/aromatic N) is 5. The van der Waals surface area contributed by atoms with Crippen LogP contribution in [0, 0.1) is 12.8 Å². The standard InChI is InChI=1S/C16H19N5O3/c1-10-5-12(24-18-10)6-11-8-20(9-14(11)22)16(23)13-7-17-21-4-3-19(2)15(13)21/h3-5,7,11,14,22H,6,8-9H2,1-2H3/t11-,14+/m1/s1. The zero-order valence-corrected chi connectivity index (χ0v) is 13.6. The second kappa shape index (κ2) is 5.48. The monoisotopic (exact) mass is 329 g/mol. The van der Waals surface area contributed by atoms with E-state index in [0.717, 1.165) is 17.1 Å². The highest BCUT2D eigenvalue weighted by molar-refractivity contribution is 6.00. The summed E-state index contributed by atoms with van der Waals surface area (Å²) in [5.74, 6) is 0.573. The summed E-state index contributed by atoms with van der Waals surface area (Å²) in [6.45, 7) is 2.67. The molecular formula is C16H19N5O3. The van der Waals surface area contributed by atoms with Gasteiger partial charge in [0.1, 0.15) is 17.0 Å². The minimum Gasteiger partial charge on any atom is -0.391 e. The molecule has 4 heterocycles. The summed E-state index contributed by atoms with van der Waals surface area (Å²) in [5, 5.41) is 18.4. The van der Waals surface area contributed by atoms with Crippen molar-refractivity contribution < 1.29 is 14.4 Å². The third-order valence-corrected chi connectivity index (χ3v) is 4.60. The van der Waals surface area contributed by atoms with Crippen molar-refractivity contribution in [2.24, 2.45) is 13.0 Å². The first-order valence-electron chi connectivity index (χ1n) is 7.91. The summed E-state index contributed by atoms with van der Waals surface area (Å²) >= 11 is 0. The van der Waals surface area contributed by atoms with Gasteiger partial charge in [0.2, 0.25) is 0 Å². The first-order chi connectivity index (χ1) is 11.5. The summed E-state index contributed by atoms with van der Waals surface area (Å²) in [5.41, 5.74) is 2.12. The van der Waals surface area contributed by atoms with Crippen molar-refractivity contribution in [2.45, 2.75) is 19.4 Å². The third kappa shape index (κ3) is 2.39. The molecule has 2 atom stereocenters. The number of likely N-dealkylation sites (tertiary alicyclic amines) is 1. The van der Waals surface area contributed by atoms with Crippen molar-refractivity contribution in [3.63, 3.8) is 0 Å². The maximum Gasteiger partial charge on any atom is 0.259 e. The topological polar surface area (TPSA) is 88.8 Å². The normalized spacial score (nSPS) is 21.0. The third-order valence-electron chi connectivity index (χ3n) is 4.60. The number of hydrogen-bond donors (Lipinski definition) is 1. The molecule has 3 aromatic rings. The van der Waals surface area contributed by atoms with E-state index in [-0.39, 0.29) is 11.8 Å². The lowest BCUT2D eigenvalue weighted by atomic mass is 10.0. The summed E-state index contributed by atoms with van der Waals surface area (Å²) in [4.78, 5) is 14.5. The molecule has 4 rings (SSSR count). The Hall–Kier alpha value is -2.61. The van der Waals surface area contributed by atoms with Crippen LogP contribution in [0.2, 0.25) is 0 Å². The molecule has 0 saturated carbocycles. The smallest absolute Gasteiger partial charge is 0.259 e. The Morgan fingerprint density at radius 1 is 1.42 bits per heavy atom. The van der Waals surface area contributed by atoms with E-state index >= 15 is 0 Å². The maximum atomic E-state index is 12.8. The SMILES string of the molecule is Cc1cc(C[C@@H]2CN(C(=O)c3cnn4ccn(C)c34)C[C@@H]2O)on1. The number of rotatable bonds is 3. The van der Waals surface area contributed by atoms with Gasteiger partial charge in [0, 0.05) is 50.9 Å². The molecule has 0 unspecified atom stereocenters. The summed E-state index contributed by atoms with van der Waals surface area (Å²) in [7, 11) is 1.88. The van der Waals surface area contributed by atoms with Crippen molar-refractivity contribution in [3.05, 3.63) is 41.7 Å². The number of β-amino-alcohol motifs (C(OH)–C–C–N with tert-alkyl or cyclic N) is 1. The van der Waals surface area contributed by atoms with E-state index in [1.165, 1.54) is 0 Å². The molecule has 0 aromatic carbocycles. The van der Waals surface area contributed by atoms with Gasteiger partial charge in [0.15, 0.2) is 0 Å². The largest absolute Gasteiger partial charge is 0.391 e. The Morgan fingerprint density at radius 3 is 3.00 bits per heavy atom. The van der Waals surface area contributed by atoms with Crippen molar-refractivity contribution in [1.82, 2.24) is 24.2 Å². The lowest BCUT2D eigenvalue weighted by Crippen LogP contribution is -2.29. The molecular weight excluding hydrogens is 310 g/mol. The van der Waals surface area contributed by atoms with Crippen LogP contribution in [0.4, 0.5) is 0 Å².